The molecule has 4 aromatic rings. The van der Waals surface area contributed by atoms with Gasteiger partial charge in [0.15, 0.2) is 5.65 Å². The standard InChI is InChI=1S/C26H27FN6O2/c1-34-23-13-25-29-15-22(33(25)32-26(23)16-7-8-16)20-11-18(35-17-5-3-2-4-6-17)12-24(30-20)31-21-14-28-10-9-19(21)27/h2-6,11-13,15-16,19,21,28H,7-10,14H2,1H3,(H,30,31). The predicted octanol–water partition coefficient (Wildman–Crippen LogP) is 4.58. The van der Waals surface area contributed by atoms with E-state index in [0.717, 1.165) is 30.0 Å². The van der Waals surface area contributed by atoms with Gasteiger partial charge in [-0.15, -0.1) is 0 Å². The van der Waals surface area contributed by atoms with Crippen LogP contribution < -0.4 is 20.1 Å². The molecular weight excluding hydrogens is 447 g/mol. The number of nitrogens with one attached hydrogen (secondary N) is 2. The highest BCUT2D eigenvalue weighted by Gasteiger charge is 2.30. The second kappa shape index (κ2) is 9.14. The highest BCUT2D eigenvalue weighted by atomic mass is 19.1. The summed E-state index contributed by atoms with van der Waals surface area (Å²) in [6.45, 7) is 1.21. The first-order valence-corrected chi connectivity index (χ1v) is 12.0. The van der Waals surface area contributed by atoms with Crippen LogP contribution in [0.15, 0.2) is 54.7 Å². The zero-order valence-corrected chi connectivity index (χ0v) is 19.4. The number of benzene rings is 1. The molecule has 1 aliphatic heterocycles. The molecule has 0 radical (unpaired) electrons. The SMILES string of the molecule is COc1cc2ncc(-c3cc(Oc4ccccc4)cc(NC4CNCCC4F)n3)n2nc1C1CC1. The zero-order chi connectivity index (χ0) is 23.8. The van der Waals surface area contributed by atoms with Crippen LogP contribution >= 0.6 is 0 Å². The van der Waals surface area contributed by atoms with Crippen LogP contribution in [0.4, 0.5) is 10.2 Å². The van der Waals surface area contributed by atoms with E-state index >= 15 is 0 Å². The molecule has 1 saturated heterocycles. The van der Waals surface area contributed by atoms with Gasteiger partial charge in [0.1, 0.15) is 40.6 Å². The van der Waals surface area contributed by atoms with Gasteiger partial charge in [0, 0.05) is 30.7 Å². The number of halogens is 1. The number of anilines is 1. The number of hydrogen-bond acceptors (Lipinski definition) is 7. The minimum absolute atomic E-state index is 0.373. The Balaban J connectivity index is 1.42. The summed E-state index contributed by atoms with van der Waals surface area (Å²) >= 11 is 0. The minimum atomic E-state index is -0.953. The van der Waals surface area contributed by atoms with Gasteiger partial charge in [-0.05, 0) is 37.9 Å². The Morgan fingerprint density at radius 3 is 2.71 bits per heavy atom. The average molecular weight is 475 g/mol. The maximum absolute atomic E-state index is 14.6. The minimum Gasteiger partial charge on any atom is -0.495 e. The first-order chi connectivity index (χ1) is 17.2. The number of methoxy groups -OCH3 is 1. The van der Waals surface area contributed by atoms with E-state index in [1.807, 2.05) is 42.5 Å². The van der Waals surface area contributed by atoms with Gasteiger partial charge < -0.3 is 20.1 Å². The molecule has 2 N–H and O–H groups in total. The molecule has 2 unspecified atom stereocenters. The monoisotopic (exact) mass is 474 g/mol. The molecule has 2 fully saturated rings. The fraction of sp³-hybridized carbons (Fsp3) is 0.346. The zero-order valence-electron chi connectivity index (χ0n) is 19.4. The van der Waals surface area contributed by atoms with Crippen molar-refractivity contribution in [2.75, 3.05) is 25.5 Å². The lowest BCUT2D eigenvalue weighted by Gasteiger charge is -2.28. The van der Waals surface area contributed by atoms with Gasteiger partial charge in [-0.2, -0.15) is 5.10 Å². The number of imidazole rings is 1. The fourth-order valence-corrected chi connectivity index (χ4v) is 4.44. The second-order valence-electron chi connectivity index (χ2n) is 9.03. The number of ether oxygens (including phenoxy) is 2. The van der Waals surface area contributed by atoms with Gasteiger partial charge >= 0.3 is 0 Å². The number of rotatable bonds is 7. The molecule has 9 heteroatoms. The van der Waals surface area contributed by atoms with Crippen molar-refractivity contribution in [2.45, 2.75) is 37.4 Å². The first-order valence-electron chi connectivity index (χ1n) is 12.0. The molecule has 6 rings (SSSR count). The van der Waals surface area contributed by atoms with Crippen molar-refractivity contribution in [3.63, 3.8) is 0 Å². The Hall–Kier alpha value is -3.72. The molecule has 1 saturated carbocycles. The van der Waals surface area contributed by atoms with Crippen LogP contribution in [-0.2, 0) is 0 Å². The summed E-state index contributed by atoms with van der Waals surface area (Å²) in [7, 11) is 1.66. The van der Waals surface area contributed by atoms with Crippen molar-refractivity contribution in [1.82, 2.24) is 24.9 Å². The fourth-order valence-electron chi connectivity index (χ4n) is 4.44. The van der Waals surface area contributed by atoms with Crippen LogP contribution in [0.5, 0.6) is 17.2 Å². The molecule has 35 heavy (non-hydrogen) atoms. The van der Waals surface area contributed by atoms with Crippen LogP contribution in [0.2, 0.25) is 0 Å². The lowest BCUT2D eigenvalue weighted by Crippen LogP contribution is -2.46. The summed E-state index contributed by atoms with van der Waals surface area (Å²) in [5.74, 6) is 3.00. The van der Waals surface area contributed by atoms with E-state index in [1.54, 1.807) is 23.9 Å². The van der Waals surface area contributed by atoms with Gasteiger partial charge in [-0.25, -0.2) is 18.9 Å². The number of pyridine rings is 1. The Kier molecular flexibility index (Phi) is 5.69. The number of hydrogen-bond donors (Lipinski definition) is 2. The van der Waals surface area contributed by atoms with Gasteiger partial charge in [-0.3, -0.25) is 0 Å². The largest absolute Gasteiger partial charge is 0.495 e. The molecule has 0 amide bonds. The van der Waals surface area contributed by atoms with Crippen molar-refractivity contribution in [3.05, 3.63) is 60.4 Å². The second-order valence-corrected chi connectivity index (χ2v) is 9.03. The Morgan fingerprint density at radius 2 is 1.94 bits per heavy atom. The lowest BCUT2D eigenvalue weighted by molar-refractivity contribution is 0.241. The van der Waals surface area contributed by atoms with Gasteiger partial charge in [0.05, 0.1) is 25.0 Å². The van der Waals surface area contributed by atoms with E-state index in [4.69, 9.17) is 19.6 Å². The third kappa shape index (κ3) is 4.51. The normalized spacial score (nSPS) is 20.1. The molecule has 0 bridgehead atoms. The van der Waals surface area contributed by atoms with Crippen LogP contribution in [0, 0.1) is 0 Å². The summed E-state index contributed by atoms with van der Waals surface area (Å²) in [5, 5.41) is 11.4. The highest BCUT2D eigenvalue weighted by molar-refractivity contribution is 5.65. The Labute approximate surface area is 202 Å². The number of fused-ring (bicyclic) bond motifs is 1. The van der Waals surface area contributed by atoms with Crippen molar-refractivity contribution < 1.29 is 13.9 Å². The number of piperidine rings is 1. The van der Waals surface area contributed by atoms with E-state index in [2.05, 4.69) is 15.6 Å². The molecule has 2 atom stereocenters. The third-order valence-electron chi connectivity index (χ3n) is 6.44. The summed E-state index contributed by atoms with van der Waals surface area (Å²) in [6, 6.07) is 14.7. The smallest absolute Gasteiger partial charge is 0.157 e. The van der Waals surface area contributed by atoms with E-state index < -0.39 is 6.17 Å². The van der Waals surface area contributed by atoms with Crippen molar-refractivity contribution >= 4 is 11.5 Å². The predicted molar refractivity (Wildman–Crippen MR) is 131 cm³/mol. The number of nitrogens with zero attached hydrogens (tertiary/aromatic N) is 4. The maximum atomic E-state index is 14.6. The molecule has 1 aromatic carbocycles. The third-order valence-corrected chi connectivity index (χ3v) is 6.44. The summed E-state index contributed by atoms with van der Waals surface area (Å²) in [6.07, 6.45) is 3.47. The topological polar surface area (TPSA) is 85.6 Å². The maximum Gasteiger partial charge on any atom is 0.157 e. The summed E-state index contributed by atoms with van der Waals surface area (Å²) in [5.41, 5.74) is 2.96. The van der Waals surface area contributed by atoms with Gasteiger partial charge in [-0.1, -0.05) is 18.2 Å². The first kappa shape index (κ1) is 21.8. The summed E-state index contributed by atoms with van der Waals surface area (Å²) in [4.78, 5) is 9.36. The van der Waals surface area contributed by atoms with Crippen molar-refractivity contribution in [3.8, 4) is 28.6 Å². The van der Waals surface area contributed by atoms with Gasteiger partial charge in [0.2, 0.25) is 0 Å². The Bertz CT molecular complexity index is 1340. The molecule has 4 heterocycles. The van der Waals surface area contributed by atoms with E-state index in [1.165, 1.54) is 0 Å². The average Bonchev–Trinajstić information content (AvgIpc) is 3.64. The number of para-hydroxylation sites is 1. The molecule has 3 aromatic heterocycles. The molecule has 8 nitrogen and oxygen atoms in total. The highest BCUT2D eigenvalue weighted by Crippen LogP contribution is 2.43. The van der Waals surface area contributed by atoms with E-state index in [9.17, 15) is 4.39 Å². The van der Waals surface area contributed by atoms with Crippen molar-refractivity contribution in [2.24, 2.45) is 0 Å². The molecule has 0 spiro atoms. The number of alkyl halides is 1. The molecule has 180 valence electrons. The molecular formula is C26H27FN6O2. The van der Waals surface area contributed by atoms with Crippen LogP contribution in [-0.4, -0.2) is 52.0 Å². The summed E-state index contributed by atoms with van der Waals surface area (Å²) < 4.78 is 28.1. The van der Waals surface area contributed by atoms with Crippen LogP contribution in [0.1, 0.15) is 30.9 Å². The Morgan fingerprint density at radius 1 is 1.09 bits per heavy atom. The molecule has 2 aliphatic rings. The lowest BCUT2D eigenvalue weighted by atomic mass is 10.1. The van der Waals surface area contributed by atoms with Crippen LogP contribution in [0.3, 0.4) is 0 Å². The van der Waals surface area contributed by atoms with Crippen LogP contribution in [0.25, 0.3) is 17.0 Å². The van der Waals surface area contributed by atoms with E-state index in [-0.39, 0.29) is 6.04 Å². The number of aromatic nitrogens is 4. The van der Waals surface area contributed by atoms with Crippen molar-refractivity contribution in [1.29, 1.82) is 0 Å². The molecule has 1 aliphatic carbocycles. The quantitative estimate of drug-likeness (QED) is 0.405. The van der Waals surface area contributed by atoms with Gasteiger partial charge in [0.25, 0.3) is 0 Å². The van der Waals surface area contributed by atoms with E-state index in [0.29, 0.717) is 54.1 Å².